The summed E-state index contributed by atoms with van der Waals surface area (Å²) < 4.78 is 0. The number of aliphatic hydroxyl groups is 1. The first kappa shape index (κ1) is 12.9. The number of nitrogens with one attached hydrogen (secondary N) is 1. The van der Waals surface area contributed by atoms with Gasteiger partial charge in [0.1, 0.15) is 0 Å². The van der Waals surface area contributed by atoms with Gasteiger partial charge in [-0.1, -0.05) is 30.2 Å². The lowest BCUT2D eigenvalue weighted by atomic mass is 10.0. The summed E-state index contributed by atoms with van der Waals surface area (Å²) in [6.07, 6.45) is 3.51. The van der Waals surface area contributed by atoms with Crippen LogP contribution in [0.15, 0.2) is 24.3 Å². The van der Waals surface area contributed by atoms with Crippen molar-refractivity contribution in [1.29, 1.82) is 0 Å². The number of aliphatic hydroxyl groups excluding tert-OH is 1. The number of benzene rings is 1. The van der Waals surface area contributed by atoms with Gasteiger partial charge >= 0.3 is 0 Å². The maximum atomic E-state index is 9.30. The summed E-state index contributed by atoms with van der Waals surface area (Å²) in [5, 5.41) is 13.7. The fourth-order valence-electron chi connectivity index (χ4n) is 2.67. The summed E-state index contributed by atoms with van der Waals surface area (Å²) in [6, 6.07) is 8.69. The van der Waals surface area contributed by atoms with Crippen LogP contribution in [0.25, 0.3) is 0 Å². The van der Waals surface area contributed by atoms with Crippen molar-refractivity contribution in [2.24, 2.45) is 5.92 Å². The highest BCUT2D eigenvalue weighted by Gasteiger charge is 2.27. The van der Waals surface area contributed by atoms with E-state index in [2.05, 4.69) is 18.3 Å². The fourth-order valence-corrected chi connectivity index (χ4v) is 2.87. The van der Waals surface area contributed by atoms with E-state index in [-0.39, 0.29) is 6.04 Å². The molecule has 17 heavy (non-hydrogen) atoms. The number of hydrogen-bond donors (Lipinski definition) is 2. The Morgan fingerprint density at radius 3 is 3.00 bits per heavy atom. The van der Waals surface area contributed by atoms with Gasteiger partial charge in [0.15, 0.2) is 0 Å². The Labute approximate surface area is 108 Å². The van der Waals surface area contributed by atoms with Crippen molar-refractivity contribution < 1.29 is 5.11 Å². The molecule has 2 rings (SSSR count). The van der Waals surface area contributed by atoms with Crippen molar-refractivity contribution in [2.75, 3.05) is 6.61 Å². The monoisotopic (exact) mass is 253 g/mol. The van der Waals surface area contributed by atoms with Crippen molar-refractivity contribution in [3.05, 3.63) is 34.9 Å². The number of halogens is 1. The summed E-state index contributed by atoms with van der Waals surface area (Å²) in [4.78, 5) is 0. The van der Waals surface area contributed by atoms with Crippen LogP contribution >= 0.6 is 11.6 Å². The van der Waals surface area contributed by atoms with Crippen molar-refractivity contribution in [3.8, 4) is 0 Å². The molecule has 0 aromatic heterocycles. The quantitative estimate of drug-likeness (QED) is 0.864. The van der Waals surface area contributed by atoms with E-state index in [0.717, 1.165) is 17.9 Å². The zero-order valence-corrected chi connectivity index (χ0v) is 11.0. The maximum absolute atomic E-state index is 9.30. The van der Waals surface area contributed by atoms with Crippen molar-refractivity contribution in [3.63, 3.8) is 0 Å². The molecule has 1 aromatic carbocycles. The van der Waals surface area contributed by atoms with Crippen LogP contribution in [-0.4, -0.2) is 17.8 Å². The summed E-state index contributed by atoms with van der Waals surface area (Å²) >= 11 is 5.99. The second-order valence-electron chi connectivity index (χ2n) is 4.92. The molecule has 1 saturated carbocycles. The molecule has 1 aliphatic carbocycles. The lowest BCUT2D eigenvalue weighted by Gasteiger charge is -2.24. The zero-order chi connectivity index (χ0) is 12.3. The Morgan fingerprint density at radius 1 is 1.47 bits per heavy atom. The van der Waals surface area contributed by atoms with Crippen LogP contribution in [0, 0.1) is 5.92 Å². The van der Waals surface area contributed by atoms with E-state index in [4.69, 9.17) is 11.6 Å². The van der Waals surface area contributed by atoms with Crippen LogP contribution in [0.3, 0.4) is 0 Å². The number of rotatable bonds is 4. The SMILES string of the molecule is CC(NC1CCCC1CO)c1cccc(Cl)c1. The third kappa shape index (κ3) is 3.21. The standard InChI is InChI=1S/C14H20ClNO/c1-10(11-4-2-6-13(15)8-11)16-14-7-3-5-12(14)9-17/h2,4,6,8,10,12,14,16-17H,3,5,7,9H2,1H3. The molecular formula is C14H20ClNO. The Hall–Kier alpha value is -0.570. The Bertz CT molecular complexity index is 369. The van der Waals surface area contributed by atoms with Crippen LogP contribution in [0.4, 0.5) is 0 Å². The second kappa shape index (κ2) is 5.85. The van der Waals surface area contributed by atoms with Crippen molar-refractivity contribution >= 4 is 11.6 Å². The van der Waals surface area contributed by atoms with Gasteiger partial charge in [0.25, 0.3) is 0 Å². The van der Waals surface area contributed by atoms with Crippen molar-refractivity contribution in [1.82, 2.24) is 5.32 Å². The van der Waals surface area contributed by atoms with Gasteiger partial charge in [-0.3, -0.25) is 0 Å². The molecule has 3 atom stereocenters. The van der Waals surface area contributed by atoms with E-state index in [1.165, 1.54) is 12.0 Å². The Kier molecular flexibility index (Phi) is 4.43. The molecule has 3 heteroatoms. The van der Waals surface area contributed by atoms with Crippen LogP contribution in [0.2, 0.25) is 5.02 Å². The number of hydrogen-bond acceptors (Lipinski definition) is 2. The average Bonchev–Trinajstić information content (AvgIpc) is 2.76. The lowest BCUT2D eigenvalue weighted by Crippen LogP contribution is -2.35. The normalized spacial score (nSPS) is 26.1. The minimum atomic E-state index is 0.283. The first-order valence-electron chi connectivity index (χ1n) is 6.33. The molecule has 0 spiro atoms. The molecule has 1 fully saturated rings. The second-order valence-corrected chi connectivity index (χ2v) is 5.36. The molecule has 0 heterocycles. The molecule has 0 saturated heterocycles. The van der Waals surface area contributed by atoms with Crippen molar-refractivity contribution in [2.45, 2.75) is 38.3 Å². The van der Waals surface area contributed by atoms with Gasteiger partial charge in [-0.15, -0.1) is 0 Å². The van der Waals surface area contributed by atoms with Gasteiger partial charge in [-0.05, 0) is 43.4 Å². The molecule has 94 valence electrons. The minimum absolute atomic E-state index is 0.283. The first-order valence-corrected chi connectivity index (χ1v) is 6.71. The topological polar surface area (TPSA) is 32.3 Å². The third-order valence-corrected chi connectivity index (χ3v) is 3.94. The molecule has 0 radical (unpaired) electrons. The molecule has 1 aromatic rings. The lowest BCUT2D eigenvalue weighted by molar-refractivity contribution is 0.200. The maximum Gasteiger partial charge on any atom is 0.0474 e. The Morgan fingerprint density at radius 2 is 2.29 bits per heavy atom. The summed E-state index contributed by atoms with van der Waals surface area (Å²) in [5.74, 6) is 0.414. The van der Waals surface area contributed by atoms with Crippen LogP contribution in [0.1, 0.15) is 37.8 Å². The van der Waals surface area contributed by atoms with Crippen LogP contribution < -0.4 is 5.32 Å². The van der Waals surface area contributed by atoms with E-state index >= 15 is 0 Å². The van der Waals surface area contributed by atoms with E-state index < -0.39 is 0 Å². The smallest absolute Gasteiger partial charge is 0.0474 e. The fraction of sp³-hybridized carbons (Fsp3) is 0.571. The van der Waals surface area contributed by atoms with Gasteiger partial charge < -0.3 is 10.4 Å². The van der Waals surface area contributed by atoms with E-state index in [9.17, 15) is 5.11 Å². The summed E-state index contributed by atoms with van der Waals surface area (Å²) in [6.45, 7) is 2.44. The third-order valence-electron chi connectivity index (χ3n) is 3.71. The molecule has 2 nitrogen and oxygen atoms in total. The largest absolute Gasteiger partial charge is 0.396 e. The van der Waals surface area contributed by atoms with Crippen LogP contribution in [-0.2, 0) is 0 Å². The molecule has 2 N–H and O–H groups in total. The van der Waals surface area contributed by atoms with Gasteiger partial charge in [0, 0.05) is 23.7 Å². The van der Waals surface area contributed by atoms with E-state index in [1.807, 2.05) is 18.2 Å². The summed E-state index contributed by atoms with van der Waals surface area (Å²) in [7, 11) is 0. The van der Waals surface area contributed by atoms with Gasteiger partial charge in [-0.25, -0.2) is 0 Å². The molecule has 0 amide bonds. The molecule has 0 aliphatic heterocycles. The Balaban J connectivity index is 1.99. The van der Waals surface area contributed by atoms with Gasteiger partial charge in [0.05, 0.1) is 0 Å². The van der Waals surface area contributed by atoms with Gasteiger partial charge in [0.2, 0.25) is 0 Å². The average molecular weight is 254 g/mol. The predicted octanol–water partition coefficient (Wildman–Crippen LogP) is 3.15. The first-order chi connectivity index (χ1) is 8.20. The minimum Gasteiger partial charge on any atom is -0.396 e. The predicted molar refractivity (Wildman–Crippen MR) is 71.2 cm³/mol. The highest BCUT2D eigenvalue weighted by atomic mass is 35.5. The highest BCUT2D eigenvalue weighted by Crippen LogP contribution is 2.28. The van der Waals surface area contributed by atoms with Crippen LogP contribution in [0.5, 0.6) is 0 Å². The molecular weight excluding hydrogens is 234 g/mol. The van der Waals surface area contributed by atoms with E-state index in [1.54, 1.807) is 0 Å². The molecule has 3 unspecified atom stereocenters. The summed E-state index contributed by atoms with van der Waals surface area (Å²) in [5.41, 5.74) is 1.21. The highest BCUT2D eigenvalue weighted by molar-refractivity contribution is 6.30. The molecule has 1 aliphatic rings. The molecule has 0 bridgehead atoms. The zero-order valence-electron chi connectivity index (χ0n) is 10.2. The van der Waals surface area contributed by atoms with E-state index in [0.29, 0.717) is 18.6 Å². The van der Waals surface area contributed by atoms with Gasteiger partial charge in [-0.2, -0.15) is 0 Å².